The Bertz CT molecular complexity index is 1390. The number of halogens is 1. The number of fused-ring (bicyclic) bond motifs is 1. The Hall–Kier alpha value is -4.26. The van der Waals surface area contributed by atoms with Gasteiger partial charge in [0, 0.05) is 11.3 Å². The molecule has 6 nitrogen and oxygen atoms in total. The van der Waals surface area contributed by atoms with Crippen LogP contribution in [0.5, 0.6) is 17.4 Å². The highest BCUT2D eigenvalue weighted by Crippen LogP contribution is 2.44. The fraction of sp³-hybridized carbons (Fsp3) is 0.0800. The molecule has 0 atom stereocenters. The smallest absolute Gasteiger partial charge is 0.222 e. The predicted molar refractivity (Wildman–Crippen MR) is 121 cm³/mol. The molecule has 0 radical (unpaired) electrons. The Morgan fingerprint density at radius 3 is 1.97 bits per heavy atom. The number of benzene rings is 3. The van der Waals surface area contributed by atoms with Gasteiger partial charge in [0.1, 0.15) is 28.5 Å². The zero-order chi connectivity index (χ0) is 22.2. The third-order valence-electron chi connectivity index (χ3n) is 5.47. The van der Waals surface area contributed by atoms with E-state index >= 15 is 0 Å². The normalized spacial score (nSPS) is 11.1. The maximum Gasteiger partial charge on any atom is 0.222 e. The second kappa shape index (κ2) is 7.77. The van der Waals surface area contributed by atoms with Gasteiger partial charge in [-0.1, -0.05) is 0 Å². The first-order valence-corrected chi connectivity index (χ1v) is 9.97. The lowest BCUT2D eigenvalue weighted by Gasteiger charge is -2.12. The summed E-state index contributed by atoms with van der Waals surface area (Å²) >= 11 is 0. The van der Waals surface area contributed by atoms with E-state index in [-0.39, 0.29) is 11.7 Å². The second-order valence-electron chi connectivity index (χ2n) is 7.26. The van der Waals surface area contributed by atoms with Gasteiger partial charge in [0.25, 0.3) is 0 Å². The summed E-state index contributed by atoms with van der Waals surface area (Å²) in [5.41, 5.74) is 4.18. The van der Waals surface area contributed by atoms with Crippen molar-refractivity contribution in [2.24, 2.45) is 0 Å². The molecule has 0 aliphatic rings. The third-order valence-corrected chi connectivity index (χ3v) is 5.47. The van der Waals surface area contributed by atoms with Crippen LogP contribution in [0.15, 0.2) is 72.8 Å². The Balaban J connectivity index is 1.81. The van der Waals surface area contributed by atoms with E-state index in [0.29, 0.717) is 22.7 Å². The van der Waals surface area contributed by atoms with E-state index in [1.54, 1.807) is 30.9 Å². The molecule has 5 rings (SSSR count). The van der Waals surface area contributed by atoms with E-state index in [1.807, 2.05) is 48.5 Å². The molecule has 0 spiro atoms. The van der Waals surface area contributed by atoms with Crippen LogP contribution < -0.4 is 9.47 Å². The van der Waals surface area contributed by atoms with Crippen molar-refractivity contribution in [2.75, 3.05) is 14.2 Å². The average Bonchev–Trinajstić information content (AvgIpc) is 3.39. The molecule has 0 bridgehead atoms. The lowest BCUT2D eigenvalue weighted by molar-refractivity contribution is 0.414. The average molecular weight is 429 g/mol. The molecule has 0 saturated heterocycles. The number of hydrogen-bond donors (Lipinski definition) is 2. The molecule has 2 heterocycles. The molecule has 0 unspecified atom stereocenters. The third kappa shape index (κ3) is 3.15. The first-order valence-electron chi connectivity index (χ1n) is 9.97. The molecule has 0 saturated carbocycles. The van der Waals surface area contributed by atoms with Crippen LogP contribution in [0.25, 0.3) is 39.1 Å². The molecule has 2 N–H and O–H groups in total. The highest BCUT2D eigenvalue weighted by atomic mass is 19.1. The fourth-order valence-corrected chi connectivity index (χ4v) is 3.89. The molecule has 0 aliphatic heterocycles. The van der Waals surface area contributed by atoms with E-state index < -0.39 is 0 Å². The second-order valence-corrected chi connectivity index (χ2v) is 7.26. The van der Waals surface area contributed by atoms with Gasteiger partial charge in [-0.3, -0.25) is 9.67 Å². The Morgan fingerprint density at radius 2 is 1.38 bits per heavy atom. The molecular formula is C25H20FN3O3. The number of H-pyrrole nitrogens is 1. The molecule has 2 aromatic heterocycles. The Labute approximate surface area is 183 Å². The van der Waals surface area contributed by atoms with Crippen molar-refractivity contribution in [3.8, 4) is 45.6 Å². The van der Waals surface area contributed by atoms with Crippen molar-refractivity contribution in [3.05, 3.63) is 78.6 Å². The van der Waals surface area contributed by atoms with Crippen LogP contribution in [-0.2, 0) is 0 Å². The maximum atomic E-state index is 13.7. The number of hydrogen-bond acceptors (Lipinski definition) is 4. The van der Waals surface area contributed by atoms with Gasteiger partial charge in [-0.25, -0.2) is 4.39 Å². The number of nitrogens with one attached hydrogen (secondary N) is 1. The summed E-state index contributed by atoms with van der Waals surface area (Å²) in [5, 5.41) is 19.3. The number of nitrogens with zero attached hydrogens (tertiary/aromatic N) is 2. The lowest BCUT2D eigenvalue weighted by atomic mass is 10.0. The van der Waals surface area contributed by atoms with E-state index in [2.05, 4.69) is 10.2 Å². The van der Waals surface area contributed by atoms with Gasteiger partial charge in [-0.15, -0.1) is 0 Å². The first-order chi connectivity index (χ1) is 15.6. The van der Waals surface area contributed by atoms with Crippen LogP contribution in [-0.4, -0.2) is 34.1 Å². The summed E-state index contributed by atoms with van der Waals surface area (Å²) in [6, 6.07) is 21.0. The zero-order valence-corrected chi connectivity index (χ0v) is 17.5. The molecular weight excluding hydrogens is 409 g/mol. The van der Waals surface area contributed by atoms with Crippen molar-refractivity contribution in [2.45, 2.75) is 0 Å². The predicted octanol–water partition coefficient (Wildman–Crippen LogP) is 5.55. The number of methoxy groups -OCH3 is 2. The Kier molecular flexibility index (Phi) is 4.78. The molecule has 0 aliphatic carbocycles. The molecule has 7 heteroatoms. The summed E-state index contributed by atoms with van der Waals surface area (Å²) in [6.07, 6.45) is 0. The SMILES string of the molecule is COc1ccc(-c2n[nH]c3c(O)n(-c4ccc(OC)cc4)c(-c4ccc(F)cc4)c23)cc1. The van der Waals surface area contributed by atoms with Gasteiger partial charge >= 0.3 is 0 Å². The van der Waals surface area contributed by atoms with Crippen molar-refractivity contribution < 1.29 is 19.0 Å². The van der Waals surface area contributed by atoms with Gasteiger partial charge in [0.2, 0.25) is 5.88 Å². The van der Waals surface area contributed by atoms with Gasteiger partial charge in [-0.05, 0) is 78.4 Å². The molecule has 3 aromatic carbocycles. The van der Waals surface area contributed by atoms with E-state index in [9.17, 15) is 9.50 Å². The van der Waals surface area contributed by atoms with Crippen LogP contribution in [0.2, 0.25) is 0 Å². The van der Waals surface area contributed by atoms with Crippen molar-refractivity contribution in [3.63, 3.8) is 0 Å². The monoisotopic (exact) mass is 429 g/mol. The standard InChI is InChI=1S/C25H20FN3O3/c1-31-19-11-5-15(6-12-19)22-21-23(28-27-22)25(30)29(18-9-13-20(32-2)14-10-18)24(21)16-3-7-17(26)8-4-16/h3-14,28,30H,1-2H3. The molecule has 160 valence electrons. The lowest BCUT2D eigenvalue weighted by Crippen LogP contribution is -1.98. The molecule has 0 fully saturated rings. The van der Waals surface area contributed by atoms with Crippen molar-refractivity contribution in [1.29, 1.82) is 0 Å². The van der Waals surface area contributed by atoms with Crippen LogP contribution in [0, 0.1) is 5.82 Å². The summed E-state index contributed by atoms with van der Waals surface area (Å²) in [5.74, 6) is 1.11. The van der Waals surface area contributed by atoms with E-state index in [0.717, 1.165) is 28.0 Å². The van der Waals surface area contributed by atoms with Crippen molar-refractivity contribution >= 4 is 10.9 Å². The summed E-state index contributed by atoms with van der Waals surface area (Å²) in [4.78, 5) is 0. The van der Waals surface area contributed by atoms with Crippen LogP contribution in [0.3, 0.4) is 0 Å². The number of rotatable bonds is 5. The maximum absolute atomic E-state index is 13.7. The summed E-state index contributed by atoms with van der Waals surface area (Å²) < 4.78 is 25.9. The number of aromatic hydroxyl groups is 1. The Morgan fingerprint density at radius 1 is 0.812 bits per heavy atom. The summed E-state index contributed by atoms with van der Waals surface area (Å²) in [6.45, 7) is 0. The zero-order valence-electron chi connectivity index (χ0n) is 17.5. The van der Waals surface area contributed by atoms with E-state index in [4.69, 9.17) is 9.47 Å². The quantitative estimate of drug-likeness (QED) is 0.384. The topological polar surface area (TPSA) is 72.3 Å². The highest BCUT2D eigenvalue weighted by molar-refractivity contribution is 6.07. The van der Waals surface area contributed by atoms with Crippen LogP contribution >= 0.6 is 0 Å². The van der Waals surface area contributed by atoms with Gasteiger partial charge in [-0.2, -0.15) is 5.10 Å². The number of aromatic nitrogens is 3. The van der Waals surface area contributed by atoms with Crippen LogP contribution in [0.1, 0.15) is 0 Å². The van der Waals surface area contributed by atoms with E-state index in [1.165, 1.54) is 12.1 Å². The largest absolute Gasteiger partial charge is 0.497 e. The first kappa shape index (κ1) is 19.7. The minimum atomic E-state index is -0.334. The van der Waals surface area contributed by atoms with Crippen molar-refractivity contribution in [1.82, 2.24) is 14.8 Å². The fourth-order valence-electron chi connectivity index (χ4n) is 3.89. The minimum Gasteiger partial charge on any atom is -0.497 e. The van der Waals surface area contributed by atoms with Gasteiger partial charge < -0.3 is 14.6 Å². The molecule has 0 amide bonds. The minimum absolute atomic E-state index is 0.0109. The number of aromatic amines is 1. The summed E-state index contributed by atoms with van der Waals surface area (Å²) in [7, 11) is 3.21. The molecule has 5 aromatic rings. The van der Waals surface area contributed by atoms with Crippen LogP contribution in [0.4, 0.5) is 4.39 Å². The van der Waals surface area contributed by atoms with Gasteiger partial charge in [0.15, 0.2) is 0 Å². The molecule has 32 heavy (non-hydrogen) atoms. The highest BCUT2D eigenvalue weighted by Gasteiger charge is 2.25. The number of ether oxygens (including phenoxy) is 2. The van der Waals surface area contributed by atoms with Gasteiger partial charge in [0.05, 0.1) is 25.3 Å².